The van der Waals surface area contributed by atoms with Gasteiger partial charge in [0.25, 0.3) is 5.91 Å². The molecule has 0 bridgehead atoms. The lowest BCUT2D eigenvalue weighted by atomic mass is 9.97. The Hall–Kier alpha value is -3.52. The average molecular weight is 389 g/mol. The second-order valence-corrected chi connectivity index (χ2v) is 7.36. The highest BCUT2D eigenvalue weighted by atomic mass is 16.5. The molecule has 1 amide bonds. The van der Waals surface area contributed by atoms with Crippen molar-refractivity contribution in [1.82, 2.24) is 24.8 Å². The van der Waals surface area contributed by atoms with E-state index < -0.39 is 5.60 Å². The maximum atomic E-state index is 12.3. The number of aromatic nitrogens is 4. The summed E-state index contributed by atoms with van der Waals surface area (Å²) >= 11 is 0. The van der Waals surface area contributed by atoms with E-state index in [9.17, 15) is 9.90 Å². The van der Waals surface area contributed by atoms with Gasteiger partial charge in [0.05, 0.1) is 17.4 Å². The van der Waals surface area contributed by atoms with Crippen LogP contribution in [-0.2, 0) is 17.4 Å². The molecule has 0 saturated carbocycles. The van der Waals surface area contributed by atoms with E-state index in [1.165, 1.54) is 4.90 Å². The van der Waals surface area contributed by atoms with Crippen LogP contribution in [0.4, 0.5) is 0 Å². The minimum absolute atomic E-state index is 0.169. The number of benzene rings is 1. The van der Waals surface area contributed by atoms with Gasteiger partial charge in [-0.25, -0.2) is 4.98 Å². The zero-order chi connectivity index (χ0) is 20.2. The van der Waals surface area contributed by atoms with E-state index in [4.69, 9.17) is 4.52 Å². The number of carbonyl (C=O) groups is 1. The Labute approximate surface area is 166 Å². The van der Waals surface area contributed by atoms with E-state index in [0.717, 1.165) is 27.9 Å². The van der Waals surface area contributed by atoms with Crippen LogP contribution < -0.4 is 0 Å². The fourth-order valence-electron chi connectivity index (χ4n) is 3.73. The highest BCUT2D eigenvalue weighted by Gasteiger charge is 2.48. The monoisotopic (exact) mass is 389 g/mol. The molecule has 4 aromatic rings. The van der Waals surface area contributed by atoms with Gasteiger partial charge in [0.1, 0.15) is 11.2 Å². The molecule has 0 spiro atoms. The molecular formula is C21H19N5O3. The van der Waals surface area contributed by atoms with Crippen LogP contribution in [0.5, 0.6) is 0 Å². The lowest BCUT2D eigenvalue weighted by Crippen LogP contribution is -2.35. The van der Waals surface area contributed by atoms with Gasteiger partial charge in [-0.1, -0.05) is 23.4 Å². The van der Waals surface area contributed by atoms with Crippen molar-refractivity contribution < 1.29 is 14.4 Å². The van der Waals surface area contributed by atoms with E-state index >= 15 is 0 Å². The lowest BCUT2D eigenvalue weighted by Gasteiger charge is -2.16. The highest BCUT2D eigenvalue weighted by Crippen LogP contribution is 2.35. The zero-order valence-electron chi connectivity index (χ0n) is 16.0. The molecule has 4 heterocycles. The Balaban J connectivity index is 1.50. The van der Waals surface area contributed by atoms with Crippen molar-refractivity contribution in [3.05, 3.63) is 54.4 Å². The van der Waals surface area contributed by atoms with Crippen LogP contribution in [0, 0.1) is 0 Å². The summed E-state index contributed by atoms with van der Waals surface area (Å²) in [5.41, 5.74) is 3.25. The largest absolute Gasteiger partial charge is 0.373 e. The van der Waals surface area contributed by atoms with Crippen LogP contribution in [0.25, 0.3) is 33.5 Å². The van der Waals surface area contributed by atoms with Gasteiger partial charge < -0.3 is 14.5 Å². The summed E-state index contributed by atoms with van der Waals surface area (Å²) in [5, 5.41) is 19.1. The first-order chi connectivity index (χ1) is 14.0. The number of hydrogen-bond acceptors (Lipinski definition) is 6. The Kier molecular flexibility index (Phi) is 3.78. The van der Waals surface area contributed by atoms with Gasteiger partial charge in [-0.05, 0) is 18.2 Å². The third-order valence-electron chi connectivity index (χ3n) is 5.49. The predicted molar refractivity (Wildman–Crippen MR) is 106 cm³/mol. The number of amides is 1. The summed E-state index contributed by atoms with van der Waals surface area (Å²) < 4.78 is 7.14. The Morgan fingerprint density at radius 3 is 2.66 bits per heavy atom. The number of aryl methyl sites for hydroxylation is 1. The zero-order valence-corrected chi connectivity index (χ0v) is 16.0. The SMILES string of the molecule is CN1CC[C@@](O)(c2cc(-c3cccc(-c4ccc5c(cnn5C)n4)c3)no2)C1=O. The van der Waals surface area contributed by atoms with Gasteiger partial charge in [0, 0.05) is 44.3 Å². The molecule has 1 aromatic carbocycles. The number of pyridine rings is 1. The van der Waals surface area contributed by atoms with Crippen molar-refractivity contribution in [2.75, 3.05) is 13.6 Å². The summed E-state index contributed by atoms with van der Waals surface area (Å²) in [6.45, 7) is 0.476. The van der Waals surface area contributed by atoms with Gasteiger partial charge in [-0.2, -0.15) is 5.10 Å². The van der Waals surface area contributed by atoms with Crippen molar-refractivity contribution >= 4 is 16.9 Å². The van der Waals surface area contributed by atoms with E-state index in [-0.39, 0.29) is 18.1 Å². The fraction of sp³-hybridized carbons (Fsp3) is 0.238. The Morgan fingerprint density at radius 2 is 1.90 bits per heavy atom. The number of carbonyl (C=O) groups excluding carboxylic acids is 1. The van der Waals surface area contributed by atoms with Crippen molar-refractivity contribution in [2.45, 2.75) is 12.0 Å². The highest BCUT2D eigenvalue weighted by molar-refractivity contribution is 5.88. The van der Waals surface area contributed by atoms with Crippen LogP contribution in [0.1, 0.15) is 12.2 Å². The second-order valence-electron chi connectivity index (χ2n) is 7.36. The molecule has 1 aliphatic rings. The van der Waals surface area contributed by atoms with Crippen molar-refractivity contribution in [3.8, 4) is 22.5 Å². The van der Waals surface area contributed by atoms with Gasteiger partial charge in [-0.15, -0.1) is 0 Å². The van der Waals surface area contributed by atoms with Crippen LogP contribution >= 0.6 is 0 Å². The smallest absolute Gasteiger partial charge is 0.262 e. The first-order valence-corrected chi connectivity index (χ1v) is 9.30. The molecule has 0 aliphatic carbocycles. The van der Waals surface area contributed by atoms with E-state index in [1.807, 2.05) is 43.4 Å². The summed E-state index contributed by atoms with van der Waals surface area (Å²) in [7, 11) is 3.54. The number of aliphatic hydroxyl groups is 1. The van der Waals surface area contributed by atoms with Crippen LogP contribution in [-0.4, -0.2) is 49.4 Å². The molecule has 29 heavy (non-hydrogen) atoms. The van der Waals surface area contributed by atoms with Gasteiger partial charge in [0.2, 0.25) is 5.60 Å². The van der Waals surface area contributed by atoms with Crippen molar-refractivity contribution in [1.29, 1.82) is 0 Å². The number of fused-ring (bicyclic) bond motifs is 1. The van der Waals surface area contributed by atoms with E-state index in [1.54, 1.807) is 24.0 Å². The maximum Gasteiger partial charge on any atom is 0.262 e. The van der Waals surface area contributed by atoms with Crippen LogP contribution in [0.2, 0.25) is 0 Å². The Bertz CT molecular complexity index is 1240. The average Bonchev–Trinajstić information content (AvgIpc) is 3.44. The molecular weight excluding hydrogens is 370 g/mol. The molecule has 146 valence electrons. The molecule has 1 saturated heterocycles. The quantitative estimate of drug-likeness (QED) is 0.578. The number of nitrogens with zero attached hydrogens (tertiary/aromatic N) is 5. The third-order valence-corrected chi connectivity index (χ3v) is 5.49. The summed E-state index contributed by atoms with van der Waals surface area (Å²) in [6.07, 6.45) is 2.02. The lowest BCUT2D eigenvalue weighted by molar-refractivity contribution is -0.144. The summed E-state index contributed by atoms with van der Waals surface area (Å²) in [5.74, 6) is -0.204. The molecule has 1 N–H and O–H groups in total. The Morgan fingerprint density at radius 1 is 1.10 bits per heavy atom. The molecule has 3 aromatic heterocycles. The topological polar surface area (TPSA) is 97.3 Å². The first-order valence-electron chi connectivity index (χ1n) is 9.30. The molecule has 1 aliphatic heterocycles. The standard InChI is InChI=1S/C21H19N5O3/c1-25-9-8-21(28,20(25)27)19-11-16(24-29-19)14-5-3-4-13(10-14)15-6-7-18-17(23-15)12-22-26(18)2/h3-7,10-12,28H,8-9H2,1-2H3/t21-/m1/s1. The number of likely N-dealkylation sites (N-methyl/N-ethyl adjacent to an activating group) is 1. The summed E-state index contributed by atoms with van der Waals surface area (Å²) in [6, 6.07) is 13.3. The van der Waals surface area contributed by atoms with Crippen LogP contribution in [0.15, 0.2) is 53.2 Å². The van der Waals surface area contributed by atoms with Crippen molar-refractivity contribution in [2.24, 2.45) is 7.05 Å². The molecule has 8 nitrogen and oxygen atoms in total. The number of likely N-dealkylation sites (tertiary alicyclic amines) is 1. The molecule has 0 radical (unpaired) electrons. The van der Waals surface area contributed by atoms with E-state index in [2.05, 4.69) is 15.2 Å². The van der Waals surface area contributed by atoms with Crippen molar-refractivity contribution in [3.63, 3.8) is 0 Å². The first kappa shape index (κ1) is 17.6. The van der Waals surface area contributed by atoms with Gasteiger partial charge in [-0.3, -0.25) is 9.48 Å². The molecule has 8 heteroatoms. The molecule has 1 atom stereocenters. The third kappa shape index (κ3) is 2.72. The molecule has 5 rings (SSSR count). The van der Waals surface area contributed by atoms with Gasteiger partial charge >= 0.3 is 0 Å². The minimum atomic E-state index is -1.65. The van der Waals surface area contributed by atoms with E-state index in [0.29, 0.717) is 12.2 Å². The number of hydrogen-bond donors (Lipinski definition) is 1. The number of rotatable bonds is 3. The minimum Gasteiger partial charge on any atom is -0.373 e. The van der Waals surface area contributed by atoms with Crippen LogP contribution in [0.3, 0.4) is 0 Å². The normalized spacial score (nSPS) is 19.4. The predicted octanol–water partition coefficient (Wildman–Crippen LogP) is 2.34. The van der Waals surface area contributed by atoms with Gasteiger partial charge in [0.15, 0.2) is 5.76 Å². The maximum absolute atomic E-state index is 12.3. The molecule has 0 unspecified atom stereocenters. The fourth-order valence-corrected chi connectivity index (χ4v) is 3.73. The second kappa shape index (κ2) is 6.25. The summed E-state index contributed by atoms with van der Waals surface area (Å²) in [4.78, 5) is 18.5. The molecule has 1 fully saturated rings.